The van der Waals surface area contributed by atoms with Crippen LogP contribution >= 0.6 is 11.6 Å². The van der Waals surface area contributed by atoms with Crippen LogP contribution in [0.15, 0.2) is 24.3 Å². The predicted molar refractivity (Wildman–Crippen MR) is 88.2 cm³/mol. The van der Waals surface area contributed by atoms with Crippen molar-refractivity contribution in [3.63, 3.8) is 0 Å². The van der Waals surface area contributed by atoms with E-state index in [9.17, 15) is 4.79 Å². The maximum atomic E-state index is 12.1. The minimum Gasteiger partial charge on any atom is -0.300 e. The topological polar surface area (TPSA) is 23.6 Å². The molecule has 1 unspecified atom stereocenters. The number of carbonyl (C=O) groups excluding carboxylic acids is 1. The Labute approximate surface area is 132 Å². The highest BCUT2D eigenvalue weighted by Crippen LogP contribution is 2.13. The molecular formula is C17H25ClN2O. The quantitative estimate of drug-likeness (QED) is 0.753. The molecule has 21 heavy (non-hydrogen) atoms. The highest BCUT2D eigenvalue weighted by molar-refractivity contribution is 6.30. The third-order valence-electron chi connectivity index (χ3n) is 4.44. The molecule has 4 heteroatoms. The molecule has 0 aromatic heterocycles. The lowest BCUT2D eigenvalue weighted by atomic mass is 10.1. The largest absolute Gasteiger partial charge is 0.300 e. The molecule has 0 amide bonds. The molecule has 1 aliphatic heterocycles. The van der Waals surface area contributed by atoms with Crippen molar-refractivity contribution >= 4 is 17.4 Å². The van der Waals surface area contributed by atoms with Crippen LogP contribution in [0, 0.1) is 0 Å². The first-order valence-corrected chi connectivity index (χ1v) is 8.23. The Kier molecular flexibility index (Phi) is 6.22. The average molecular weight is 309 g/mol. The maximum Gasteiger partial charge on any atom is 0.164 e. The fraction of sp³-hybridized carbons (Fsp3) is 0.588. The smallest absolute Gasteiger partial charge is 0.164 e. The second kappa shape index (κ2) is 7.92. The van der Waals surface area contributed by atoms with E-state index >= 15 is 0 Å². The molecule has 3 nitrogen and oxygen atoms in total. The number of nitrogens with zero attached hydrogens (tertiary/aromatic N) is 2. The number of rotatable bonds is 6. The Balaban J connectivity index is 1.74. The molecular weight excluding hydrogens is 284 g/mol. The van der Waals surface area contributed by atoms with Gasteiger partial charge in [0.1, 0.15) is 0 Å². The number of halogens is 1. The van der Waals surface area contributed by atoms with Crippen molar-refractivity contribution in [3.8, 4) is 0 Å². The molecule has 1 aromatic rings. The molecule has 1 saturated heterocycles. The van der Waals surface area contributed by atoms with Crippen LogP contribution in [-0.4, -0.2) is 54.3 Å². The van der Waals surface area contributed by atoms with Gasteiger partial charge < -0.3 is 4.90 Å². The zero-order valence-corrected chi connectivity index (χ0v) is 13.8. The van der Waals surface area contributed by atoms with E-state index in [2.05, 4.69) is 23.6 Å². The molecule has 0 N–H and O–H groups in total. The van der Waals surface area contributed by atoms with Crippen molar-refractivity contribution in [2.24, 2.45) is 0 Å². The number of benzene rings is 1. The minimum absolute atomic E-state index is 0.205. The van der Waals surface area contributed by atoms with Crippen LogP contribution in [0.3, 0.4) is 0 Å². The van der Waals surface area contributed by atoms with Gasteiger partial charge >= 0.3 is 0 Å². The van der Waals surface area contributed by atoms with Crippen LogP contribution in [0.5, 0.6) is 0 Å². The molecule has 0 saturated carbocycles. The molecule has 1 fully saturated rings. The Bertz CT molecular complexity index is 452. The SMILES string of the molecule is CCC(C)N1CCN(CCC(=O)c2ccc(Cl)cc2)CC1. The summed E-state index contributed by atoms with van der Waals surface area (Å²) in [4.78, 5) is 17.1. The lowest BCUT2D eigenvalue weighted by Crippen LogP contribution is -2.49. The van der Waals surface area contributed by atoms with E-state index in [-0.39, 0.29) is 5.78 Å². The Hall–Kier alpha value is -0.900. The molecule has 0 aliphatic carbocycles. The molecule has 0 bridgehead atoms. The van der Waals surface area contributed by atoms with E-state index in [1.807, 2.05) is 12.1 Å². The molecule has 2 rings (SSSR count). The Morgan fingerprint density at radius 2 is 1.81 bits per heavy atom. The second-order valence-electron chi connectivity index (χ2n) is 5.81. The number of hydrogen-bond donors (Lipinski definition) is 0. The first-order valence-electron chi connectivity index (χ1n) is 7.85. The lowest BCUT2D eigenvalue weighted by molar-refractivity contribution is 0.0866. The van der Waals surface area contributed by atoms with Gasteiger partial charge in [-0.1, -0.05) is 18.5 Å². The minimum atomic E-state index is 0.205. The van der Waals surface area contributed by atoms with Gasteiger partial charge in [0.2, 0.25) is 0 Å². The first kappa shape index (κ1) is 16.5. The van der Waals surface area contributed by atoms with Crippen LogP contribution in [0.2, 0.25) is 5.02 Å². The van der Waals surface area contributed by atoms with Gasteiger partial charge in [-0.25, -0.2) is 0 Å². The number of ketones is 1. The van der Waals surface area contributed by atoms with Gasteiger partial charge in [-0.3, -0.25) is 9.69 Å². The zero-order chi connectivity index (χ0) is 15.2. The van der Waals surface area contributed by atoms with Crippen molar-refractivity contribution in [1.29, 1.82) is 0 Å². The van der Waals surface area contributed by atoms with E-state index in [0.717, 1.165) is 38.3 Å². The summed E-state index contributed by atoms with van der Waals surface area (Å²) in [5.74, 6) is 0.205. The van der Waals surface area contributed by atoms with Crippen molar-refractivity contribution in [1.82, 2.24) is 9.80 Å². The normalized spacial score (nSPS) is 18.6. The maximum absolute atomic E-state index is 12.1. The van der Waals surface area contributed by atoms with Crippen molar-refractivity contribution < 1.29 is 4.79 Å². The predicted octanol–water partition coefficient (Wildman–Crippen LogP) is 3.33. The van der Waals surface area contributed by atoms with Crippen molar-refractivity contribution in [2.45, 2.75) is 32.7 Å². The second-order valence-corrected chi connectivity index (χ2v) is 6.25. The summed E-state index contributed by atoms with van der Waals surface area (Å²) < 4.78 is 0. The van der Waals surface area contributed by atoms with Crippen LogP contribution < -0.4 is 0 Å². The number of hydrogen-bond acceptors (Lipinski definition) is 3. The summed E-state index contributed by atoms with van der Waals surface area (Å²) in [6.45, 7) is 9.75. The van der Waals surface area contributed by atoms with Crippen molar-refractivity contribution in [2.75, 3.05) is 32.7 Å². The third kappa shape index (κ3) is 4.80. The average Bonchev–Trinajstić information content (AvgIpc) is 2.53. The number of Topliss-reactive ketones (excluding diaryl/α,β-unsaturated/α-hetero) is 1. The Morgan fingerprint density at radius 1 is 1.19 bits per heavy atom. The number of piperazine rings is 1. The van der Waals surface area contributed by atoms with Crippen LogP contribution in [0.4, 0.5) is 0 Å². The zero-order valence-electron chi connectivity index (χ0n) is 13.0. The highest BCUT2D eigenvalue weighted by atomic mass is 35.5. The molecule has 1 aromatic carbocycles. The monoisotopic (exact) mass is 308 g/mol. The first-order chi connectivity index (χ1) is 10.1. The van der Waals surface area contributed by atoms with E-state index in [4.69, 9.17) is 11.6 Å². The molecule has 1 atom stereocenters. The van der Waals surface area contributed by atoms with Crippen LogP contribution in [0.25, 0.3) is 0 Å². The summed E-state index contributed by atoms with van der Waals surface area (Å²) in [5.41, 5.74) is 0.762. The van der Waals surface area contributed by atoms with Gasteiger partial charge in [-0.05, 0) is 37.6 Å². The van der Waals surface area contributed by atoms with Gasteiger partial charge in [-0.15, -0.1) is 0 Å². The van der Waals surface area contributed by atoms with Crippen LogP contribution in [0.1, 0.15) is 37.0 Å². The van der Waals surface area contributed by atoms with Gasteiger partial charge in [0.25, 0.3) is 0 Å². The summed E-state index contributed by atoms with van der Waals surface area (Å²) in [6, 6.07) is 7.85. The fourth-order valence-electron chi connectivity index (χ4n) is 2.73. The third-order valence-corrected chi connectivity index (χ3v) is 4.69. The summed E-state index contributed by atoms with van der Waals surface area (Å²) in [7, 11) is 0. The van der Waals surface area contributed by atoms with E-state index in [0.29, 0.717) is 17.5 Å². The van der Waals surface area contributed by atoms with E-state index < -0.39 is 0 Å². The highest BCUT2D eigenvalue weighted by Gasteiger charge is 2.20. The summed E-state index contributed by atoms with van der Waals surface area (Å²) in [5, 5.41) is 0.674. The lowest BCUT2D eigenvalue weighted by Gasteiger charge is -2.37. The van der Waals surface area contributed by atoms with Gasteiger partial charge in [0.05, 0.1) is 0 Å². The number of carbonyl (C=O) groups is 1. The standard InChI is InChI=1S/C17H25ClN2O/c1-3-14(2)20-12-10-19(11-13-20)9-8-17(21)15-4-6-16(18)7-5-15/h4-7,14H,3,8-13H2,1-2H3. The fourth-order valence-corrected chi connectivity index (χ4v) is 2.85. The van der Waals surface area contributed by atoms with Gasteiger partial charge in [0.15, 0.2) is 5.78 Å². The van der Waals surface area contributed by atoms with Crippen molar-refractivity contribution in [3.05, 3.63) is 34.9 Å². The van der Waals surface area contributed by atoms with Gasteiger partial charge in [-0.2, -0.15) is 0 Å². The molecule has 0 radical (unpaired) electrons. The van der Waals surface area contributed by atoms with E-state index in [1.165, 1.54) is 6.42 Å². The molecule has 116 valence electrons. The molecule has 1 aliphatic rings. The Morgan fingerprint density at radius 3 is 2.38 bits per heavy atom. The summed E-state index contributed by atoms with van der Waals surface area (Å²) >= 11 is 5.84. The van der Waals surface area contributed by atoms with E-state index in [1.54, 1.807) is 12.1 Å². The van der Waals surface area contributed by atoms with Crippen LogP contribution in [-0.2, 0) is 0 Å². The molecule has 1 heterocycles. The summed E-state index contributed by atoms with van der Waals surface area (Å²) in [6.07, 6.45) is 1.79. The van der Waals surface area contributed by atoms with Gasteiger partial charge in [0, 0.05) is 55.8 Å². The molecule has 0 spiro atoms.